The van der Waals surface area contributed by atoms with Crippen LogP contribution in [0.1, 0.15) is 47.1 Å². The van der Waals surface area contributed by atoms with Crippen molar-refractivity contribution in [3.8, 4) is 0 Å². The molecule has 0 radical (unpaired) electrons. The Hall–Kier alpha value is -1.16. The Morgan fingerprint density at radius 2 is 2.33 bits per heavy atom. The molecule has 0 aromatic carbocycles. The molecule has 15 heavy (non-hydrogen) atoms. The van der Waals surface area contributed by atoms with Crippen molar-refractivity contribution in [1.82, 2.24) is 15.1 Å². The smallest absolute Gasteiger partial charge is 0.168 e. The molecular formula is C11H15N3O. The molecular weight excluding hydrogens is 190 g/mol. The van der Waals surface area contributed by atoms with Crippen LogP contribution in [0.3, 0.4) is 0 Å². The van der Waals surface area contributed by atoms with Gasteiger partial charge < -0.3 is 5.32 Å². The van der Waals surface area contributed by atoms with Crippen LogP contribution in [-0.4, -0.2) is 22.6 Å². The van der Waals surface area contributed by atoms with Gasteiger partial charge in [-0.1, -0.05) is 0 Å². The molecule has 1 N–H and O–H groups in total. The zero-order valence-corrected chi connectivity index (χ0v) is 8.70. The second-order valence-corrected chi connectivity index (χ2v) is 4.38. The first-order valence-corrected chi connectivity index (χ1v) is 5.66. The summed E-state index contributed by atoms with van der Waals surface area (Å²) >= 11 is 0. The van der Waals surface area contributed by atoms with Crippen LogP contribution in [0.5, 0.6) is 0 Å². The van der Waals surface area contributed by atoms with Crippen molar-refractivity contribution in [3.05, 3.63) is 17.0 Å². The number of hydrogen-bond acceptors (Lipinski definition) is 3. The Labute approximate surface area is 88.7 Å². The van der Waals surface area contributed by atoms with Crippen LogP contribution >= 0.6 is 0 Å². The second-order valence-electron chi connectivity index (χ2n) is 4.38. The van der Waals surface area contributed by atoms with Gasteiger partial charge in [-0.3, -0.25) is 9.48 Å². The molecule has 3 rings (SSSR count). The van der Waals surface area contributed by atoms with E-state index in [-0.39, 0.29) is 0 Å². The number of carbonyl (C=O) groups is 1. The predicted octanol–water partition coefficient (Wildman–Crippen LogP) is 1.07. The van der Waals surface area contributed by atoms with E-state index in [0.29, 0.717) is 6.04 Å². The normalized spacial score (nSPS) is 20.8. The van der Waals surface area contributed by atoms with E-state index in [1.165, 1.54) is 19.3 Å². The number of carbonyl (C=O) groups excluding carboxylic acids is 1. The van der Waals surface area contributed by atoms with Crippen LogP contribution in [0.15, 0.2) is 0 Å². The van der Waals surface area contributed by atoms with Gasteiger partial charge in [0.2, 0.25) is 0 Å². The molecule has 1 aliphatic carbocycles. The van der Waals surface area contributed by atoms with Crippen molar-refractivity contribution < 1.29 is 4.79 Å². The van der Waals surface area contributed by atoms with Crippen LogP contribution in [0.4, 0.5) is 0 Å². The zero-order chi connectivity index (χ0) is 10.3. The quantitative estimate of drug-likeness (QED) is 0.734. The summed E-state index contributed by atoms with van der Waals surface area (Å²) in [4.78, 5) is 11.1. The topological polar surface area (TPSA) is 46.9 Å². The van der Waals surface area contributed by atoms with Crippen molar-refractivity contribution >= 4 is 6.29 Å². The number of nitrogens with one attached hydrogen (secondary N) is 1. The molecule has 1 fully saturated rings. The zero-order valence-electron chi connectivity index (χ0n) is 8.70. The molecule has 1 aromatic rings. The maximum atomic E-state index is 11.1. The van der Waals surface area contributed by atoms with Crippen LogP contribution in [0, 0.1) is 0 Å². The minimum atomic E-state index is 0.482. The monoisotopic (exact) mass is 205 g/mol. The Morgan fingerprint density at radius 3 is 3.00 bits per heavy atom. The van der Waals surface area contributed by atoms with Gasteiger partial charge in [0.15, 0.2) is 6.29 Å². The lowest BCUT2D eigenvalue weighted by atomic mass is 9.93. The van der Waals surface area contributed by atoms with Gasteiger partial charge >= 0.3 is 0 Å². The van der Waals surface area contributed by atoms with Crippen molar-refractivity contribution in [2.75, 3.05) is 6.54 Å². The second kappa shape index (κ2) is 3.45. The molecule has 2 heterocycles. The molecule has 0 atom stereocenters. The number of rotatable bonds is 2. The molecule has 1 saturated carbocycles. The average Bonchev–Trinajstić information content (AvgIpc) is 2.53. The van der Waals surface area contributed by atoms with E-state index in [9.17, 15) is 4.79 Å². The molecule has 1 aliphatic heterocycles. The summed E-state index contributed by atoms with van der Waals surface area (Å²) < 4.78 is 1.97. The number of fused-ring (bicyclic) bond motifs is 1. The van der Waals surface area contributed by atoms with E-state index in [4.69, 9.17) is 0 Å². The van der Waals surface area contributed by atoms with Crippen LogP contribution < -0.4 is 5.32 Å². The number of aldehydes is 1. The third-order valence-corrected chi connectivity index (χ3v) is 3.51. The SMILES string of the molecule is O=Cc1c2c(nn1C1CCC1)CCNC2. The van der Waals surface area contributed by atoms with Gasteiger partial charge in [0.25, 0.3) is 0 Å². The number of nitrogens with zero attached hydrogens (tertiary/aromatic N) is 2. The summed E-state index contributed by atoms with van der Waals surface area (Å²) in [7, 11) is 0. The Morgan fingerprint density at radius 1 is 1.47 bits per heavy atom. The highest BCUT2D eigenvalue weighted by Gasteiger charge is 2.27. The van der Waals surface area contributed by atoms with E-state index in [1.807, 2.05) is 4.68 Å². The van der Waals surface area contributed by atoms with Gasteiger partial charge in [-0.2, -0.15) is 5.10 Å². The van der Waals surface area contributed by atoms with Crippen LogP contribution in [-0.2, 0) is 13.0 Å². The van der Waals surface area contributed by atoms with Crippen LogP contribution in [0.2, 0.25) is 0 Å². The van der Waals surface area contributed by atoms with Crippen molar-refractivity contribution in [2.45, 2.75) is 38.3 Å². The Bertz CT molecular complexity index is 393. The van der Waals surface area contributed by atoms with Crippen molar-refractivity contribution in [1.29, 1.82) is 0 Å². The molecule has 2 aliphatic rings. The predicted molar refractivity (Wildman–Crippen MR) is 55.9 cm³/mol. The Kier molecular flexibility index (Phi) is 2.09. The minimum absolute atomic E-state index is 0.482. The highest BCUT2D eigenvalue weighted by atomic mass is 16.1. The standard InChI is InChI=1S/C11H15N3O/c15-7-11-9-6-12-5-4-10(9)13-14(11)8-2-1-3-8/h7-8,12H,1-6H2. The Balaban J connectivity index is 2.05. The molecule has 4 nitrogen and oxygen atoms in total. The van der Waals surface area contributed by atoms with Gasteiger partial charge in [-0.25, -0.2) is 0 Å². The lowest BCUT2D eigenvalue weighted by Gasteiger charge is -2.26. The lowest BCUT2D eigenvalue weighted by Crippen LogP contribution is -2.23. The molecule has 0 bridgehead atoms. The van der Waals surface area contributed by atoms with E-state index in [0.717, 1.165) is 42.7 Å². The van der Waals surface area contributed by atoms with Crippen molar-refractivity contribution in [3.63, 3.8) is 0 Å². The van der Waals surface area contributed by atoms with E-state index < -0.39 is 0 Å². The first kappa shape index (κ1) is 9.09. The maximum absolute atomic E-state index is 11.1. The summed E-state index contributed by atoms with van der Waals surface area (Å²) in [6.07, 6.45) is 5.54. The molecule has 0 spiro atoms. The molecule has 0 amide bonds. The molecule has 0 unspecified atom stereocenters. The third kappa shape index (κ3) is 1.32. The number of hydrogen-bond donors (Lipinski definition) is 1. The van der Waals surface area contributed by atoms with Gasteiger partial charge in [-0.15, -0.1) is 0 Å². The highest BCUT2D eigenvalue weighted by molar-refractivity contribution is 5.75. The summed E-state index contributed by atoms with van der Waals surface area (Å²) in [6, 6.07) is 0.482. The summed E-state index contributed by atoms with van der Waals surface area (Å²) in [5, 5.41) is 7.88. The van der Waals surface area contributed by atoms with Gasteiger partial charge in [0.1, 0.15) is 5.69 Å². The fourth-order valence-corrected chi connectivity index (χ4v) is 2.38. The highest BCUT2D eigenvalue weighted by Crippen LogP contribution is 2.33. The maximum Gasteiger partial charge on any atom is 0.168 e. The van der Waals surface area contributed by atoms with E-state index >= 15 is 0 Å². The first-order valence-electron chi connectivity index (χ1n) is 5.66. The summed E-state index contributed by atoms with van der Waals surface area (Å²) in [5.41, 5.74) is 3.06. The molecule has 0 saturated heterocycles. The molecule has 80 valence electrons. The van der Waals surface area contributed by atoms with Gasteiger partial charge in [0.05, 0.1) is 11.7 Å². The lowest BCUT2D eigenvalue weighted by molar-refractivity contribution is 0.110. The first-order chi connectivity index (χ1) is 7.40. The van der Waals surface area contributed by atoms with Crippen LogP contribution in [0.25, 0.3) is 0 Å². The third-order valence-electron chi connectivity index (χ3n) is 3.51. The molecule has 1 aromatic heterocycles. The summed E-state index contributed by atoms with van der Waals surface area (Å²) in [5.74, 6) is 0. The van der Waals surface area contributed by atoms with E-state index in [2.05, 4.69) is 10.4 Å². The van der Waals surface area contributed by atoms with Gasteiger partial charge in [0, 0.05) is 25.1 Å². The number of aromatic nitrogens is 2. The fraction of sp³-hybridized carbons (Fsp3) is 0.636. The largest absolute Gasteiger partial charge is 0.312 e. The fourth-order valence-electron chi connectivity index (χ4n) is 2.38. The average molecular weight is 205 g/mol. The minimum Gasteiger partial charge on any atom is -0.312 e. The molecule has 4 heteroatoms. The summed E-state index contributed by atoms with van der Waals surface area (Å²) in [6.45, 7) is 1.78. The van der Waals surface area contributed by atoms with Crippen molar-refractivity contribution in [2.24, 2.45) is 0 Å². The van der Waals surface area contributed by atoms with Gasteiger partial charge in [-0.05, 0) is 19.3 Å². The van der Waals surface area contributed by atoms with E-state index in [1.54, 1.807) is 0 Å².